The molecule has 4 nitrogen and oxygen atoms in total. The van der Waals surface area contributed by atoms with Crippen LogP contribution < -0.4 is 4.74 Å². The molecule has 19 heavy (non-hydrogen) atoms. The Balaban J connectivity index is 2.33. The van der Waals surface area contributed by atoms with Crippen LogP contribution in [0.4, 0.5) is 0 Å². The maximum atomic E-state index is 10.9. The summed E-state index contributed by atoms with van der Waals surface area (Å²) in [7, 11) is 0. The molecule has 4 heteroatoms. The number of benzene rings is 1. The van der Waals surface area contributed by atoms with Crippen LogP contribution in [-0.2, 0) is 16.0 Å². The van der Waals surface area contributed by atoms with Gasteiger partial charge in [-0.05, 0) is 38.0 Å². The third-order valence-corrected chi connectivity index (χ3v) is 2.65. The fourth-order valence-electron chi connectivity index (χ4n) is 1.57. The van der Waals surface area contributed by atoms with Crippen molar-refractivity contribution in [2.24, 2.45) is 0 Å². The highest BCUT2D eigenvalue weighted by atomic mass is 16.5. The summed E-state index contributed by atoms with van der Waals surface area (Å²) in [6.45, 7) is 4.56. The van der Waals surface area contributed by atoms with Crippen LogP contribution in [0.25, 0.3) is 0 Å². The number of carbonyl (C=O) groups is 1. The summed E-state index contributed by atoms with van der Waals surface area (Å²) in [6, 6.07) is 7.58. The van der Waals surface area contributed by atoms with Crippen molar-refractivity contribution in [3.8, 4) is 5.75 Å². The SMILES string of the molecule is CCOCC(O)COc1ccc(CCC(C)=O)cc1. The third-order valence-electron chi connectivity index (χ3n) is 2.65. The molecule has 0 aliphatic rings. The van der Waals surface area contributed by atoms with Gasteiger partial charge < -0.3 is 19.4 Å². The largest absolute Gasteiger partial charge is 0.491 e. The van der Waals surface area contributed by atoms with Gasteiger partial charge in [0.05, 0.1) is 6.61 Å². The molecule has 0 aliphatic carbocycles. The minimum atomic E-state index is -0.614. The topological polar surface area (TPSA) is 55.8 Å². The van der Waals surface area contributed by atoms with E-state index in [1.165, 1.54) is 0 Å². The smallest absolute Gasteiger partial charge is 0.130 e. The highest BCUT2D eigenvalue weighted by molar-refractivity contribution is 5.75. The normalized spacial score (nSPS) is 12.2. The van der Waals surface area contributed by atoms with E-state index < -0.39 is 6.10 Å². The summed E-state index contributed by atoms with van der Waals surface area (Å²) < 4.78 is 10.5. The van der Waals surface area contributed by atoms with Gasteiger partial charge in [0, 0.05) is 13.0 Å². The lowest BCUT2D eigenvalue weighted by molar-refractivity contribution is -0.116. The maximum absolute atomic E-state index is 10.9. The second kappa shape index (κ2) is 8.67. The van der Waals surface area contributed by atoms with Crippen molar-refractivity contribution in [2.75, 3.05) is 19.8 Å². The van der Waals surface area contributed by atoms with Gasteiger partial charge in [-0.2, -0.15) is 0 Å². The Kier molecular flexibility index (Phi) is 7.15. The molecule has 0 saturated carbocycles. The maximum Gasteiger partial charge on any atom is 0.130 e. The van der Waals surface area contributed by atoms with E-state index in [1.807, 2.05) is 31.2 Å². The van der Waals surface area contributed by atoms with Gasteiger partial charge in [-0.1, -0.05) is 12.1 Å². The molecular formula is C15H22O4. The lowest BCUT2D eigenvalue weighted by Crippen LogP contribution is -2.23. The molecule has 0 saturated heterocycles. The highest BCUT2D eigenvalue weighted by Crippen LogP contribution is 2.13. The van der Waals surface area contributed by atoms with Gasteiger partial charge in [0.25, 0.3) is 0 Å². The molecule has 1 rings (SSSR count). The predicted molar refractivity (Wildman–Crippen MR) is 73.4 cm³/mol. The van der Waals surface area contributed by atoms with E-state index in [2.05, 4.69) is 0 Å². The standard InChI is InChI=1S/C15H22O4/c1-3-18-10-14(17)11-19-15-8-6-13(7-9-15)5-4-12(2)16/h6-9,14,17H,3-5,10-11H2,1-2H3. The van der Waals surface area contributed by atoms with Crippen molar-refractivity contribution in [3.63, 3.8) is 0 Å². The first-order valence-corrected chi connectivity index (χ1v) is 6.58. The van der Waals surface area contributed by atoms with Crippen LogP contribution in [0.5, 0.6) is 5.75 Å². The third kappa shape index (κ3) is 6.94. The summed E-state index contributed by atoms with van der Waals surface area (Å²) >= 11 is 0. The minimum absolute atomic E-state index is 0.194. The number of ether oxygens (including phenoxy) is 2. The van der Waals surface area contributed by atoms with Crippen LogP contribution in [0.15, 0.2) is 24.3 Å². The summed E-state index contributed by atoms with van der Waals surface area (Å²) in [5, 5.41) is 9.55. The van der Waals surface area contributed by atoms with E-state index in [1.54, 1.807) is 6.92 Å². The number of aliphatic hydroxyl groups is 1. The molecule has 1 aromatic carbocycles. The Bertz CT molecular complexity index is 372. The molecular weight excluding hydrogens is 244 g/mol. The zero-order valence-corrected chi connectivity index (χ0v) is 11.6. The van der Waals surface area contributed by atoms with E-state index >= 15 is 0 Å². The van der Waals surface area contributed by atoms with Crippen LogP contribution in [-0.4, -0.2) is 36.8 Å². The fourth-order valence-corrected chi connectivity index (χ4v) is 1.57. The average Bonchev–Trinajstić information content (AvgIpc) is 2.41. The van der Waals surface area contributed by atoms with E-state index in [0.29, 0.717) is 18.8 Å². The molecule has 1 N–H and O–H groups in total. The Morgan fingerprint density at radius 2 is 1.95 bits per heavy atom. The van der Waals surface area contributed by atoms with Crippen molar-refractivity contribution < 1.29 is 19.4 Å². The molecule has 0 radical (unpaired) electrons. The van der Waals surface area contributed by atoms with Crippen molar-refractivity contribution in [1.82, 2.24) is 0 Å². The number of carbonyl (C=O) groups excluding carboxylic acids is 1. The highest BCUT2D eigenvalue weighted by Gasteiger charge is 2.05. The molecule has 0 spiro atoms. The Hall–Kier alpha value is -1.39. The quantitative estimate of drug-likeness (QED) is 0.742. The molecule has 0 heterocycles. The van der Waals surface area contributed by atoms with Gasteiger partial charge in [-0.25, -0.2) is 0 Å². The molecule has 1 aromatic rings. The zero-order valence-electron chi connectivity index (χ0n) is 11.6. The Labute approximate surface area is 114 Å². The second-order valence-electron chi connectivity index (χ2n) is 4.47. The molecule has 0 amide bonds. The average molecular weight is 266 g/mol. The molecule has 106 valence electrons. The number of hydrogen-bond acceptors (Lipinski definition) is 4. The number of ketones is 1. The van der Waals surface area contributed by atoms with E-state index in [-0.39, 0.29) is 19.0 Å². The number of aliphatic hydroxyl groups excluding tert-OH is 1. The lowest BCUT2D eigenvalue weighted by Gasteiger charge is -2.12. The van der Waals surface area contributed by atoms with Crippen molar-refractivity contribution in [1.29, 1.82) is 0 Å². The van der Waals surface area contributed by atoms with Gasteiger partial charge in [0.15, 0.2) is 0 Å². The molecule has 0 bridgehead atoms. The van der Waals surface area contributed by atoms with Crippen molar-refractivity contribution in [3.05, 3.63) is 29.8 Å². The predicted octanol–water partition coefficient (Wildman–Crippen LogP) is 1.98. The fraction of sp³-hybridized carbons (Fsp3) is 0.533. The number of Topliss-reactive ketones (excluding diaryl/α,β-unsaturated/α-hetero) is 1. The Morgan fingerprint density at radius 1 is 1.26 bits per heavy atom. The number of rotatable bonds is 9. The van der Waals surface area contributed by atoms with Gasteiger partial charge >= 0.3 is 0 Å². The summed E-state index contributed by atoms with van der Waals surface area (Å²) in [5.74, 6) is 0.904. The van der Waals surface area contributed by atoms with Crippen LogP contribution in [0.1, 0.15) is 25.8 Å². The monoisotopic (exact) mass is 266 g/mol. The van der Waals surface area contributed by atoms with E-state index in [9.17, 15) is 9.90 Å². The van der Waals surface area contributed by atoms with E-state index in [0.717, 1.165) is 12.0 Å². The van der Waals surface area contributed by atoms with Crippen molar-refractivity contribution in [2.45, 2.75) is 32.8 Å². The lowest BCUT2D eigenvalue weighted by atomic mass is 10.1. The summed E-state index contributed by atoms with van der Waals surface area (Å²) in [5.41, 5.74) is 1.11. The van der Waals surface area contributed by atoms with Crippen LogP contribution in [0, 0.1) is 0 Å². The zero-order chi connectivity index (χ0) is 14.1. The van der Waals surface area contributed by atoms with Crippen LogP contribution in [0.2, 0.25) is 0 Å². The molecule has 0 aromatic heterocycles. The molecule has 1 unspecified atom stereocenters. The van der Waals surface area contributed by atoms with Crippen LogP contribution in [0.3, 0.4) is 0 Å². The molecule has 0 aliphatic heterocycles. The molecule has 1 atom stereocenters. The second-order valence-corrected chi connectivity index (χ2v) is 4.47. The first-order chi connectivity index (χ1) is 9.11. The van der Waals surface area contributed by atoms with E-state index in [4.69, 9.17) is 9.47 Å². The summed E-state index contributed by atoms with van der Waals surface area (Å²) in [6.07, 6.45) is 0.702. The van der Waals surface area contributed by atoms with Gasteiger partial charge in [-0.15, -0.1) is 0 Å². The molecule has 0 fully saturated rings. The first kappa shape index (κ1) is 15.7. The summed E-state index contributed by atoms with van der Waals surface area (Å²) in [4.78, 5) is 10.9. The van der Waals surface area contributed by atoms with Gasteiger partial charge in [-0.3, -0.25) is 0 Å². The van der Waals surface area contributed by atoms with Crippen molar-refractivity contribution >= 4 is 5.78 Å². The Morgan fingerprint density at radius 3 is 2.53 bits per heavy atom. The first-order valence-electron chi connectivity index (χ1n) is 6.58. The van der Waals surface area contributed by atoms with Gasteiger partial charge in [0.2, 0.25) is 0 Å². The minimum Gasteiger partial charge on any atom is -0.491 e. The van der Waals surface area contributed by atoms with Gasteiger partial charge in [0.1, 0.15) is 24.2 Å². The van der Waals surface area contributed by atoms with Crippen LogP contribution >= 0.6 is 0 Å². The number of aryl methyl sites for hydroxylation is 1. The number of hydrogen-bond donors (Lipinski definition) is 1.